The van der Waals surface area contributed by atoms with E-state index in [-0.39, 0.29) is 50.8 Å². The van der Waals surface area contributed by atoms with Gasteiger partial charge in [-0.1, -0.05) is 96.8 Å². The third-order valence-electron chi connectivity index (χ3n) is 12.4. The zero-order chi connectivity index (χ0) is 47.4. The molecule has 6 atom stereocenters. The minimum absolute atomic E-state index is 0.0137. The molecule has 9 rings (SSSR count). The van der Waals surface area contributed by atoms with Crippen LogP contribution in [0.4, 0.5) is 15.3 Å². The van der Waals surface area contributed by atoms with E-state index in [1.807, 2.05) is 89.8 Å². The van der Waals surface area contributed by atoms with E-state index in [0.29, 0.717) is 39.3 Å². The van der Waals surface area contributed by atoms with Crippen LogP contribution in [-0.2, 0) is 40.6 Å². The Morgan fingerprint density at radius 2 is 1.57 bits per heavy atom. The highest BCUT2D eigenvalue weighted by atomic mass is 16.6. The fourth-order valence-electron chi connectivity index (χ4n) is 9.80. The van der Waals surface area contributed by atoms with Gasteiger partial charge in [-0.25, -0.2) is 19.5 Å². The lowest BCUT2D eigenvalue weighted by Crippen LogP contribution is -2.55. The molecule has 1 spiro atoms. The second kappa shape index (κ2) is 19.4. The average molecular weight is 918 g/mol. The van der Waals surface area contributed by atoms with Crippen molar-refractivity contribution >= 4 is 46.6 Å². The summed E-state index contributed by atoms with van der Waals surface area (Å²) >= 11 is 0. The smallest absolute Gasteiger partial charge is 0.421 e. The molecule has 17 nitrogen and oxygen atoms in total. The molecule has 17 heteroatoms. The van der Waals surface area contributed by atoms with Crippen LogP contribution in [0.5, 0.6) is 5.75 Å². The molecule has 3 aliphatic heterocycles. The number of ether oxygens (including phenoxy) is 4. The van der Waals surface area contributed by atoms with E-state index >= 15 is 14.4 Å². The number of nitrogens with two attached hydrogens (primary N) is 1. The predicted molar refractivity (Wildman–Crippen MR) is 247 cm³/mol. The van der Waals surface area contributed by atoms with Crippen LogP contribution < -0.4 is 26.0 Å². The highest BCUT2D eigenvalue weighted by molar-refractivity contribution is 6.23. The average Bonchev–Trinajstić information content (AvgIpc) is 4.00. The Bertz CT molecular complexity index is 2890. The number of H-pyrrole nitrogens is 1. The van der Waals surface area contributed by atoms with Crippen LogP contribution in [0.25, 0.3) is 11.0 Å². The quantitative estimate of drug-likeness (QED) is 0.0603. The number of aliphatic hydroxyl groups excluding tert-OH is 1. The standard InChI is InChI=1S/C51H47N7O10/c1-65-27-28-67-50(64)57-39-23-18-31(11-10-24-53-49(52)63)29-36(39)51(48(57)62)41(46(60)54-30-40-55-37-16-8-9-17-38(37)56-40)43-47(61)68-44(33-14-6-3-7-15-33)42(32-12-4-2-5-13-32)58(43)45(51)34-19-21-35(22-20-34)66-26-25-59/h2-9,12-23,29,41-45,59H,24-28,30H2,1H3,(H,54,60)(H,55,56)(H3,52,53,63). The number of nitrogens with one attached hydrogen (secondary N) is 3. The minimum Gasteiger partial charge on any atom is -0.491 e. The van der Waals surface area contributed by atoms with Crippen molar-refractivity contribution in [1.82, 2.24) is 25.5 Å². The van der Waals surface area contributed by atoms with E-state index < -0.39 is 65.5 Å². The Kier molecular flexibility index (Phi) is 12.9. The van der Waals surface area contributed by atoms with E-state index in [1.165, 1.54) is 7.11 Å². The van der Waals surface area contributed by atoms with Crippen molar-refractivity contribution in [1.29, 1.82) is 0 Å². The molecule has 1 aromatic heterocycles. The maximum Gasteiger partial charge on any atom is 0.421 e. The molecule has 0 aliphatic carbocycles. The molecule has 2 saturated heterocycles. The molecule has 2 fully saturated rings. The number of carbonyl (C=O) groups excluding carboxylic acids is 5. The summed E-state index contributed by atoms with van der Waals surface area (Å²) in [6, 6.07) is 33.4. The van der Waals surface area contributed by atoms with Crippen molar-refractivity contribution in [2.24, 2.45) is 11.7 Å². The Hall–Kier alpha value is -8.04. The van der Waals surface area contributed by atoms with Gasteiger partial charge < -0.3 is 45.4 Å². The number of aromatic nitrogens is 2. The lowest BCUT2D eigenvalue weighted by atomic mass is 9.65. The normalized spacial score (nSPS) is 21.6. The number of urea groups is 1. The van der Waals surface area contributed by atoms with Crippen molar-refractivity contribution in [2.75, 3.05) is 45.0 Å². The first-order chi connectivity index (χ1) is 33.1. The van der Waals surface area contributed by atoms with E-state index in [0.717, 1.165) is 10.4 Å². The van der Waals surface area contributed by atoms with Crippen LogP contribution in [-0.4, -0.2) is 96.0 Å². The lowest BCUT2D eigenvalue weighted by molar-refractivity contribution is -0.178. The number of hydrogen-bond donors (Lipinski definition) is 5. The number of aliphatic hydroxyl groups is 1. The number of anilines is 1. The third-order valence-corrected chi connectivity index (χ3v) is 12.4. The van der Waals surface area contributed by atoms with Crippen LogP contribution >= 0.6 is 0 Å². The van der Waals surface area contributed by atoms with Gasteiger partial charge in [0.05, 0.1) is 61.0 Å². The molecule has 5 aromatic carbocycles. The number of benzene rings is 5. The van der Waals surface area contributed by atoms with E-state index in [1.54, 1.807) is 42.5 Å². The van der Waals surface area contributed by atoms with Gasteiger partial charge in [-0.05, 0) is 64.7 Å². The summed E-state index contributed by atoms with van der Waals surface area (Å²) in [6.45, 7) is -0.619. The molecular formula is C51H47N7O10. The molecule has 5 amide bonds. The largest absolute Gasteiger partial charge is 0.491 e. The Morgan fingerprint density at radius 3 is 2.28 bits per heavy atom. The van der Waals surface area contributed by atoms with Crippen LogP contribution in [0.15, 0.2) is 127 Å². The first-order valence-electron chi connectivity index (χ1n) is 22.0. The molecule has 68 heavy (non-hydrogen) atoms. The zero-order valence-electron chi connectivity index (χ0n) is 36.8. The number of imidazole rings is 1. The Morgan fingerprint density at radius 1 is 0.853 bits per heavy atom. The number of imide groups is 1. The molecule has 0 saturated carbocycles. The van der Waals surface area contributed by atoms with Gasteiger partial charge in [0, 0.05) is 12.7 Å². The van der Waals surface area contributed by atoms with Crippen molar-refractivity contribution < 1.29 is 48.0 Å². The number of aromatic amines is 1. The van der Waals surface area contributed by atoms with Crippen molar-refractivity contribution in [3.05, 3.63) is 161 Å². The first kappa shape index (κ1) is 45.1. The van der Waals surface area contributed by atoms with Crippen molar-refractivity contribution in [3.63, 3.8) is 0 Å². The number of rotatable bonds is 13. The number of hydrogen-bond acceptors (Lipinski definition) is 12. The van der Waals surface area contributed by atoms with Gasteiger partial charge in [0.25, 0.3) is 0 Å². The zero-order valence-corrected chi connectivity index (χ0v) is 36.8. The lowest BCUT2D eigenvalue weighted by Gasteiger charge is -2.46. The number of amides is 5. The van der Waals surface area contributed by atoms with Crippen molar-refractivity contribution in [2.45, 2.75) is 36.2 Å². The second-order valence-electron chi connectivity index (χ2n) is 16.3. The maximum atomic E-state index is 16.3. The van der Waals surface area contributed by atoms with Gasteiger partial charge in [0.15, 0.2) is 0 Å². The summed E-state index contributed by atoms with van der Waals surface area (Å²) in [7, 11) is 1.44. The van der Waals surface area contributed by atoms with E-state index in [2.05, 4.69) is 32.4 Å². The minimum atomic E-state index is -2.10. The fourth-order valence-corrected chi connectivity index (χ4v) is 9.80. The number of morpholine rings is 1. The van der Waals surface area contributed by atoms with Gasteiger partial charge in [-0.3, -0.25) is 19.3 Å². The summed E-state index contributed by atoms with van der Waals surface area (Å²) < 4.78 is 23.1. The molecule has 0 bridgehead atoms. The van der Waals surface area contributed by atoms with Gasteiger partial charge in [0.2, 0.25) is 11.8 Å². The summed E-state index contributed by atoms with van der Waals surface area (Å²) in [6.07, 6.45) is -1.98. The molecular weight excluding hydrogens is 871 g/mol. The number of primary amides is 1. The van der Waals surface area contributed by atoms with Crippen molar-refractivity contribution in [3.8, 4) is 17.6 Å². The maximum absolute atomic E-state index is 16.3. The van der Waals surface area contributed by atoms with E-state index in [9.17, 15) is 14.7 Å². The van der Waals surface area contributed by atoms with Crippen LogP contribution in [0.1, 0.15) is 51.8 Å². The van der Waals surface area contributed by atoms with Gasteiger partial charge >= 0.3 is 18.1 Å². The summed E-state index contributed by atoms with van der Waals surface area (Å²) in [4.78, 5) is 84.1. The molecule has 4 heterocycles. The van der Waals surface area contributed by atoms with Gasteiger partial charge in [-0.15, -0.1) is 0 Å². The predicted octanol–water partition coefficient (Wildman–Crippen LogP) is 4.72. The first-order valence-corrected chi connectivity index (χ1v) is 22.0. The number of carbonyl (C=O) groups is 5. The van der Waals surface area contributed by atoms with Gasteiger partial charge in [0.1, 0.15) is 42.3 Å². The molecule has 346 valence electrons. The number of para-hydroxylation sites is 2. The summed E-state index contributed by atoms with van der Waals surface area (Å²) in [5, 5.41) is 15.0. The Labute approximate surface area is 390 Å². The number of methoxy groups -OCH3 is 1. The third kappa shape index (κ3) is 8.25. The molecule has 3 aliphatic rings. The number of cyclic esters (lactones) is 1. The number of esters is 1. The van der Waals surface area contributed by atoms with Gasteiger partial charge in [-0.2, -0.15) is 0 Å². The molecule has 6 unspecified atom stereocenters. The Balaban J connectivity index is 1.32. The number of nitrogens with zero attached hydrogens (tertiary/aromatic N) is 3. The highest BCUT2D eigenvalue weighted by Crippen LogP contribution is 2.66. The fraction of sp³-hybridized carbons (Fsp3) is 0.255. The molecule has 0 radical (unpaired) electrons. The summed E-state index contributed by atoms with van der Waals surface area (Å²) in [5.41, 5.74) is 7.14. The SMILES string of the molecule is COCCOC(=O)N1C(=O)C2(c3cc(C#CCNC(N)=O)ccc31)C(C(=O)NCc1nc3ccccc3[nH]1)C1C(=O)OC(c3ccccc3)C(c3ccccc3)N1C2c1ccc(OCCO)cc1. The summed E-state index contributed by atoms with van der Waals surface area (Å²) in [5.74, 6) is 2.80. The van der Waals surface area contributed by atoms with Crippen LogP contribution in [0.3, 0.4) is 0 Å². The van der Waals surface area contributed by atoms with Crippen LogP contribution in [0, 0.1) is 17.8 Å². The molecule has 6 N–H and O–H groups in total. The highest BCUT2D eigenvalue weighted by Gasteiger charge is 2.75. The second-order valence-corrected chi connectivity index (χ2v) is 16.3. The van der Waals surface area contributed by atoms with E-state index in [4.69, 9.17) is 24.7 Å². The molecule has 6 aromatic rings. The van der Waals surface area contributed by atoms with Crippen LogP contribution in [0.2, 0.25) is 0 Å². The topological polar surface area (TPSA) is 228 Å². The monoisotopic (exact) mass is 917 g/mol. The number of fused-ring (bicyclic) bond motifs is 4.